The van der Waals surface area contributed by atoms with Gasteiger partial charge in [0.05, 0.1) is 12.2 Å². The van der Waals surface area contributed by atoms with E-state index < -0.39 is 12.6 Å². The maximum atomic E-state index is 12.5. The number of amides is 1. The first kappa shape index (κ1) is 20.9. The summed E-state index contributed by atoms with van der Waals surface area (Å²) in [6.07, 6.45) is 6.87. The normalized spacial score (nSPS) is 29.0. The monoisotopic (exact) mass is 423 g/mol. The third-order valence-corrected chi connectivity index (χ3v) is 6.47. The van der Waals surface area contributed by atoms with Gasteiger partial charge in [-0.15, -0.1) is 0 Å². The highest BCUT2D eigenvalue weighted by atomic mass is 19.3. The maximum Gasteiger partial charge on any atom is 0.387 e. The van der Waals surface area contributed by atoms with E-state index >= 15 is 0 Å². The Labute approximate surface area is 174 Å². The van der Waals surface area contributed by atoms with Crippen molar-refractivity contribution in [3.8, 4) is 11.5 Å². The molecule has 4 aliphatic carbocycles. The van der Waals surface area contributed by atoms with E-state index in [4.69, 9.17) is 9.47 Å². The van der Waals surface area contributed by atoms with Gasteiger partial charge in [-0.05, 0) is 81.4 Å². The van der Waals surface area contributed by atoms with E-state index in [1.54, 1.807) is 6.92 Å². The molecule has 0 aliphatic heterocycles. The molecule has 6 nitrogen and oxygen atoms in total. The highest BCUT2D eigenvalue weighted by Gasteiger charge is 2.51. The molecule has 0 unspecified atom stereocenters. The van der Waals surface area contributed by atoms with Crippen molar-refractivity contribution in [3.05, 3.63) is 23.8 Å². The van der Waals surface area contributed by atoms with Crippen molar-refractivity contribution in [3.63, 3.8) is 0 Å². The topological polar surface area (TPSA) is 73.9 Å². The van der Waals surface area contributed by atoms with Gasteiger partial charge in [-0.2, -0.15) is 8.78 Å². The van der Waals surface area contributed by atoms with Crippen LogP contribution in [0.1, 0.15) is 55.8 Å². The molecule has 4 saturated carbocycles. The van der Waals surface area contributed by atoms with Crippen molar-refractivity contribution in [2.45, 2.75) is 57.6 Å². The Morgan fingerprint density at radius 1 is 1.10 bits per heavy atom. The Morgan fingerprint density at radius 3 is 2.30 bits per heavy atom. The predicted octanol–water partition coefficient (Wildman–Crippen LogP) is 3.93. The summed E-state index contributed by atoms with van der Waals surface area (Å²) in [4.78, 5) is 24.8. The van der Waals surface area contributed by atoms with E-state index in [0.29, 0.717) is 17.8 Å². The van der Waals surface area contributed by atoms with Crippen molar-refractivity contribution in [1.29, 1.82) is 0 Å². The Hall–Kier alpha value is -2.38. The lowest BCUT2D eigenvalue weighted by molar-refractivity contribution is -0.130. The van der Waals surface area contributed by atoms with Crippen LogP contribution in [0.25, 0.3) is 0 Å². The van der Waals surface area contributed by atoms with Crippen LogP contribution >= 0.6 is 0 Å². The number of hydrogen-bond acceptors (Lipinski definition) is 5. The van der Waals surface area contributed by atoms with Crippen molar-refractivity contribution in [2.24, 2.45) is 17.8 Å². The molecule has 0 radical (unpaired) electrons. The van der Waals surface area contributed by atoms with Crippen LogP contribution in [-0.2, 0) is 9.53 Å². The van der Waals surface area contributed by atoms with Crippen molar-refractivity contribution in [2.75, 3.05) is 13.2 Å². The molecule has 5 rings (SSSR count). The fourth-order valence-corrected chi connectivity index (χ4v) is 5.91. The van der Waals surface area contributed by atoms with Crippen molar-refractivity contribution < 1.29 is 32.6 Å². The van der Waals surface area contributed by atoms with Gasteiger partial charge in [-0.1, -0.05) is 0 Å². The smallest absolute Gasteiger partial charge is 0.387 e. The first-order valence-corrected chi connectivity index (χ1v) is 10.6. The van der Waals surface area contributed by atoms with Crippen LogP contribution in [0.3, 0.4) is 0 Å². The molecule has 0 saturated heterocycles. The summed E-state index contributed by atoms with van der Waals surface area (Å²) in [6.45, 7) is -1.48. The lowest BCUT2D eigenvalue weighted by atomic mass is 9.53. The quantitative estimate of drug-likeness (QED) is 0.642. The van der Waals surface area contributed by atoms with Crippen LogP contribution in [-0.4, -0.2) is 37.2 Å². The van der Waals surface area contributed by atoms with Gasteiger partial charge in [0.25, 0.3) is 5.91 Å². The molecule has 1 amide bonds. The highest BCUT2D eigenvalue weighted by Crippen LogP contribution is 2.55. The second kappa shape index (κ2) is 8.40. The van der Waals surface area contributed by atoms with Gasteiger partial charge < -0.3 is 19.5 Å². The van der Waals surface area contributed by atoms with E-state index in [-0.39, 0.29) is 41.7 Å². The highest BCUT2D eigenvalue weighted by molar-refractivity contribution is 5.92. The molecule has 0 heterocycles. The van der Waals surface area contributed by atoms with Gasteiger partial charge >= 0.3 is 12.6 Å². The van der Waals surface area contributed by atoms with Gasteiger partial charge in [-0.3, -0.25) is 4.79 Å². The van der Waals surface area contributed by atoms with Crippen LogP contribution in [0.4, 0.5) is 8.78 Å². The summed E-state index contributed by atoms with van der Waals surface area (Å²) in [6, 6.07) is 3.81. The maximum absolute atomic E-state index is 12.5. The number of nitrogens with one attached hydrogen (secondary N) is 1. The summed E-state index contributed by atoms with van der Waals surface area (Å²) >= 11 is 0. The van der Waals surface area contributed by atoms with E-state index in [2.05, 4.69) is 10.1 Å². The Kier molecular flexibility index (Phi) is 5.84. The third-order valence-electron chi connectivity index (χ3n) is 6.47. The van der Waals surface area contributed by atoms with Gasteiger partial charge in [0.15, 0.2) is 18.1 Å². The standard InChI is InChI=1S/C22H27F2NO5/c1-2-28-18-8-16(3-4-17(18)30-21(23)24)20(27)29-12-19(26)25-22-9-13-5-14(10-22)7-15(6-13)11-22/h3-4,8,13-15,21H,2,5-7,9-12H2,1H3,(H,25,26). The van der Waals surface area contributed by atoms with Crippen LogP contribution in [0.5, 0.6) is 11.5 Å². The zero-order valence-electron chi connectivity index (χ0n) is 17.0. The van der Waals surface area contributed by atoms with Gasteiger partial charge in [-0.25, -0.2) is 4.79 Å². The van der Waals surface area contributed by atoms with E-state index in [1.165, 1.54) is 37.5 Å². The summed E-state index contributed by atoms with van der Waals surface area (Å²) < 4.78 is 39.8. The number of hydrogen-bond donors (Lipinski definition) is 1. The SMILES string of the molecule is CCOc1cc(C(=O)OCC(=O)NC23CC4CC(CC(C4)C2)C3)ccc1OC(F)F. The van der Waals surface area contributed by atoms with Crippen LogP contribution in [0.2, 0.25) is 0 Å². The number of esters is 1. The number of rotatable bonds is 8. The Bertz CT molecular complexity index is 777. The zero-order chi connectivity index (χ0) is 21.3. The van der Waals surface area contributed by atoms with Crippen molar-refractivity contribution >= 4 is 11.9 Å². The number of halogens is 2. The van der Waals surface area contributed by atoms with E-state index in [1.807, 2.05) is 0 Å². The molecule has 1 aromatic carbocycles. The summed E-state index contributed by atoms with van der Waals surface area (Å²) in [7, 11) is 0. The number of ether oxygens (including phenoxy) is 3. The molecular formula is C22H27F2NO5. The molecule has 0 atom stereocenters. The lowest BCUT2D eigenvalue weighted by Crippen LogP contribution is -2.60. The fraction of sp³-hybridized carbons (Fsp3) is 0.636. The third kappa shape index (κ3) is 4.52. The summed E-state index contributed by atoms with van der Waals surface area (Å²) in [5, 5.41) is 3.15. The van der Waals surface area contributed by atoms with Gasteiger partial charge in [0.1, 0.15) is 0 Å². The van der Waals surface area contributed by atoms with E-state index in [9.17, 15) is 18.4 Å². The largest absolute Gasteiger partial charge is 0.490 e. The molecule has 164 valence electrons. The minimum Gasteiger partial charge on any atom is -0.490 e. The van der Waals surface area contributed by atoms with Crippen LogP contribution < -0.4 is 14.8 Å². The average molecular weight is 423 g/mol. The lowest BCUT2D eigenvalue weighted by Gasteiger charge is -2.56. The molecule has 0 spiro atoms. The molecule has 4 aliphatic rings. The molecule has 1 aromatic rings. The second-order valence-corrected chi connectivity index (χ2v) is 8.80. The first-order chi connectivity index (χ1) is 14.4. The Morgan fingerprint density at radius 2 is 1.73 bits per heavy atom. The van der Waals surface area contributed by atoms with E-state index in [0.717, 1.165) is 19.3 Å². The number of carbonyl (C=O) groups is 2. The van der Waals surface area contributed by atoms with Gasteiger partial charge in [0.2, 0.25) is 0 Å². The number of carbonyl (C=O) groups excluding carboxylic acids is 2. The average Bonchev–Trinajstić information content (AvgIpc) is 2.66. The molecular weight excluding hydrogens is 396 g/mol. The first-order valence-electron chi connectivity index (χ1n) is 10.6. The summed E-state index contributed by atoms with van der Waals surface area (Å²) in [5.41, 5.74) is -0.0445. The molecule has 4 fully saturated rings. The second-order valence-electron chi connectivity index (χ2n) is 8.80. The minimum absolute atomic E-state index is 0.0188. The minimum atomic E-state index is -3.00. The van der Waals surface area contributed by atoms with Crippen LogP contribution in [0.15, 0.2) is 18.2 Å². The molecule has 30 heavy (non-hydrogen) atoms. The number of alkyl halides is 2. The zero-order valence-corrected chi connectivity index (χ0v) is 17.0. The van der Waals surface area contributed by atoms with Gasteiger partial charge in [0, 0.05) is 5.54 Å². The molecule has 0 aromatic heterocycles. The predicted molar refractivity (Wildman–Crippen MR) is 104 cm³/mol. The molecule has 8 heteroatoms. The molecule has 4 bridgehead atoms. The fourth-order valence-electron chi connectivity index (χ4n) is 5.91. The number of benzene rings is 1. The summed E-state index contributed by atoms with van der Waals surface area (Å²) in [5.74, 6) is 0.932. The van der Waals surface area contributed by atoms with Crippen molar-refractivity contribution in [1.82, 2.24) is 5.32 Å². The van der Waals surface area contributed by atoms with Crippen LogP contribution in [0, 0.1) is 17.8 Å². The molecule has 1 N–H and O–H groups in total. The Balaban J connectivity index is 1.34.